The number of likely N-dealkylation sites (tertiary alicyclic amines) is 1. The highest BCUT2D eigenvalue weighted by Crippen LogP contribution is 2.23. The highest BCUT2D eigenvalue weighted by atomic mass is 16.5. The van der Waals surface area contributed by atoms with E-state index in [1.807, 2.05) is 30.3 Å². The number of anilines is 2. The zero-order valence-corrected chi connectivity index (χ0v) is 13.9. The van der Waals surface area contributed by atoms with Gasteiger partial charge in [0.25, 0.3) is 0 Å². The Kier molecular flexibility index (Phi) is 5.33. The molecule has 1 heterocycles. The lowest BCUT2D eigenvalue weighted by molar-refractivity contribution is 0.262. The predicted molar refractivity (Wildman–Crippen MR) is 96.6 cm³/mol. The molecule has 1 aliphatic heterocycles. The van der Waals surface area contributed by atoms with E-state index in [-0.39, 0.29) is 6.03 Å². The zero-order valence-electron chi connectivity index (χ0n) is 13.9. The second-order valence-corrected chi connectivity index (χ2v) is 5.96. The average molecular weight is 325 g/mol. The maximum atomic E-state index is 12.1. The highest BCUT2D eigenvalue weighted by molar-refractivity contribution is 6.00. The monoisotopic (exact) mass is 325 g/mol. The van der Waals surface area contributed by atoms with Gasteiger partial charge >= 0.3 is 6.03 Å². The Morgan fingerprint density at radius 1 is 1.04 bits per heavy atom. The van der Waals surface area contributed by atoms with Crippen LogP contribution in [0.5, 0.6) is 5.75 Å². The third-order valence-electron chi connectivity index (χ3n) is 4.17. The summed E-state index contributed by atoms with van der Waals surface area (Å²) in [5, 5.41) is 5.64. The summed E-state index contributed by atoms with van der Waals surface area (Å²) in [6.45, 7) is 3.34. The van der Waals surface area contributed by atoms with Crippen LogP contribution in [-0.2, 0) is 6.54 Å². The number of methoxy groups -OCH3 is 1. The van der Waals surface area contributed by atoms with E-state index in [2.05, 4.69) is 27.7 Å². The summed E-state index contributed by atoms with van der Waals surface area (Å²) in [6.07, 6.45) is 2.59. The summed E-state index contributed by atoms with van der Waals surface area (Å²) in [4.78, 5) is 14.6. The summed E-state index contributed by atoms with van der Waals surface area (Å²) < 4.78 is 5.23. The third kappa shape index (κ3) is 4.26. The van der Waals surface area contributed by atoms with Crippen LogP contribution in [0.1, 0.15) is 18.4 Å². The van der Waals surface area contributed by atoms with Crippen LogP contribution in [0.2, 0.25) is 0 Å². The van der Waals surface area contributed by atoms with Gasteiger partial charge in [-0.3, -0.25) is 4.90 Å². The molecule has 24 heavy (non-hydrogen) atoms. The number of para-hydroxylation sites is 2. The molecular weight excluding hydrogens is 302 g/mol. The SMILES string of the molecule is COc1ccccc1NC(=O)Nc1ccc(CN2CCCC2)cc1. The van der Waals surface area contributed by atoms with E-state index < -0.39 is 0 Å². The number of benzene rings is 2. The Morgan fingerprint density at radius 2 is 1.75 bits per heavy atom. The van der Waals surface area contributed by atoms with Gasteiger partial charge < -0.3 is 15.4 Å². The number of ether oxygens (including phenoxy) is 1. The summed E-state index contributed by atoms with van der Waals surface area (Å²) >= 11 is 0. The number of amides is 2. The normalized spacial score (nSPS) is 14.4. The molecule has 3 rings (SSSR count). The zero-order chi connectivity index (χ0) is 16.8. The predicted octanol–water partition coefficient (Wildman–Crippen LogP) is 3.94. The van der Waals surface area contributed by atoms with Gasteiger partial charge in [-0.1, -0.05) is 24.3 Å². The number of nitrogens with zero attached hydrogens (tertiary/aromatic N) is 1. The Morgan fingerprint density at radius 3 is 2.46 bits per heavy atom. The maximum Gasteiger partial charge on any atom is 0.323 e. The van der Waals surface area contributed by atoms with Crippen LogP contribution in [0, 0.1) is 0 Å². The van der Waals surface area contributed by atoms with Crippen molar-refractivity contribution in [2.24, 2.45) is 0 Å². The number of urea groups is 1. The van der Waals surface area contributed by atoms with Crippen molar-refractivity contribution in [3.8, 4) is 5.75 Å². The minimum absolute atomic E-state index is 0.285. The smallest absolute Gasteiger partial charge is 0.323 e. The molecule has 1 saturated heterocycles. The van der Waals surface area contributed by atoms with Gasteiger partial charge in [0, 0.05) is 12.2 Å². The molecule has 2 aromatic rings. The fourth-order valence-electron chi connectivity index (χ4n) is 2.92. The molecule has 126 valence electrons. The Bertz CT molecular complexity index is 679. The van der Waals surface area contributed by atoms with Crippen molar-refractivity contribution in [3.05, 3.63) is 54.1 Å². The lowest BCUT2D eigenvalue weighted by atomic mass is 10.2. The van der Waals surface area contributed by atoms with Gasteiger partial charge in [-0.2, -0.15) is 0 Å². The van der Waals surface area contributed by atoms with E-state index in [1.54, 1.807) is 13.2 Å². The van der Waals surface area contributed by atoms with Crippen LogP contribution in [0.3, 0.4) is 0 Å². The van der Waals surface area contributed by atoms with E-state index in [1.165, 1.54) is 31.5 Å². The molecule has 0 atom stereocenters. The van der Waals surface area contributed by atoms with Crippen molar-refractivity contribution >= 4 is 17.4 Å². The molecule has 0 radical (unpaired) electrons. The minimum atomic E-state index is -0.285. The Hall–Kier alpha value is -2.53. The number of carbonyl (C=O) groups excluding carboxylic acids is 1. The molecule has 0 unspecified atom stereocenters. The van der Waals surface area contributed by atoms with Crippen LogP contribution in [0.15, 0.2) is 48.5 Å². The second kappa shape index (κ2) is 7.84. The van der Waals surface area contributed by atoms with E-state index in [0.29, 0.717) is 11.4 Å². The largest absolute Gasteiger partial charge is 0.495 e. The topological polar surface area (TPSA) is 53.6 Å². The van der Waals surface area contributed by atoms with E-state index in [4.69, 9.17) is 4.74 Å². The Labute approximate surface area is 142 Å². The standard InChI is InChI=1S/C19H23N3O2/c1-24-18-7-3-2-6-17(18)21-19(23)20-16-10-8-15(9-11-16)14-22-12-4-5-13-22/h2-3,6-11H,4-5,12-14H2,1H3,(H2,20,21,23). The molecule has 0 aromatic heterocycles. The number of hydrogen-bond acceptors (Lipinski definition) is 3. The summed E-state index contributed by atoms with van der Waals surface area (Å²) in [6, 6.07) is 15.0. The van der Waals surface area contributed by atoms with E-state index in [9.17, 15) is 4.79 Å². The summed E-state index contributed by atoms with van der Waals surface area (Å²) in [7, 11) is 1.58. The lowest BCUT2D eigenvalue weighted by Gasteiger charge is -2.15. The minimum Gasteiger partial charge on any atom is -0.495 e. The summed E-state index contributed by atoms with van der Waals surface area (Å²) in [5.41, 5.74) is 2.68. The average Bonchev–Trinajstić information content (AvgIpc) is 3.10. The first kappa shape index (κ1) is 16.3. The number of nitrogens with one attached hydrogen (secondary N) is 2. The first-order valence-electron chi connectivity index (χ1n) is 8.27. The lowest BCUT2D eigenvalue weighted by Crippen LogP contribution is -2.20. The van der Waals surface area contributed by atoms with Gasteiger partial charge in [-0.15, -0.1) is 0 Å². The molecular formula is C19H23N3O2. The third-order valence-corrected chi connectivity index (χ3v) is 4.17. The van der Waals surface area contributed by atoms with E-state index in [0.717, 1.165) is 12.2 Å². The van der Waals surface area contributed by atoms with Gasteiger partial charge in [-0.05, 0) is 55.8 Å². The molecule has 1 fully saturated rings. The quantitative estimate of drug-likeness (QED) is 0.875. The van der Waals surface area contributed by atoms with E-state index >= 15 is 0 Å². The molecule has 2 aromatic carbocycles. The molecule has 0 saturated carbocycles. The fourth-order valence-corrected chi connectivity index (χ4v) is 2.92. The van der Waals surface area contributed by atoms with Gasteiger partial charge in [0.1, 0.15) is 5.75 Å². The van der Waals surface area contributed by atoms with Gasteiger partial charge in [0.05, 0.1) is 12.8 Å². The van der Waals surface area contributed by atoms with Crippen molar-refractivity contribution in [2.75, 3.05) is 30.8 Å². The van der Waals surface area contributed by atoms with Crippen molar-refractivity contribution in [1.29, 1.82) is 0 Å². The molecule has 5 heteroatoms. The van der Waals surface area contributed by atoms with Gasteiger partial charge in [0.2, 0.25) is 0 Å². The molecule has 2 N–H and O–H groups in total. The first-order valence-corrected chi connectivity index (χ1v) is 8.27. The van der Waals surface area contributed by atoms with Gasteiger partial charge in [0.15, 0.2) is 0 Å². The molecule has 2 amide bonds. The number of carbonyl (C=O) groups is 1. The number of hydrogen-bond donors (Lipinski definition) is 2. The van der Waals surface area contributed by atoms with Crippen molar-refractivity contribution < 1.29 is 9.53 Å². The van der Waals surface area contributed by atoms with Crippen LogP contribution >= 0.6 is 0 Å². The van der Waals surface area contributed by atoms with Crippen LogP contribution in [0.4, 0.5) is 16.2 Å². The maximum absolute atomic E-state index is 12.1. The molecule has 1 aliphatic rings. The number of rotatable bonds is 5. The molecule has 0 spiro atoms. The van der Waals surface area contributed by atoms with Crippen molar-refractivity contribution in [3.63, 3.8) is 0 Å². The van der Waals surface area contributed by atoms with Crippen molar-refractivity contribution in [2.45, 2.75) is 19.4 Å². The first-order chi connectivity index (χ1) is 11.7. The molecule has 0 aliphatic carbocycles. The second-order valence-electron chi connectivity index (χ2n) is 5.96. The Balaban J connectivity index is 1.56. The van der Waals surface area contributed by atoms with Gasteiger partial charge in [-0.25, -0.2) is 4.79 Å². The summed E-state index contributed by atoms with van der Waals surface area (Å²) in [5.74, 6) is 0.633. The van der Waals surface area contributed by atoms with Crippen LogP contribution in [-0.4, -0.2) is 31.1 Å². The fraction of sp³-hybridized carbons (Fsp3) is 0.316. The molecule has 0 bridgehead atoms. The highest BCUT2D eigenvalue weighted by Gasteiger charge is 2.12. The molecule has 5 nitrogen and oxygen atoms in total. The van der Waals surface area contributed by atoms with Crippen molar-refractivity contribution in [1.82, 2.24) is 4.90 Å². The van der Waals surface area contributed by atoms with Crippen LogP contribution < -0.4 is 15.4 Å². The van der Waals surface area contributed by atoms with Crippen LogP contribution in [0.25, 0.3) is 0 Å².